The Hall–Kier alpha value is -1.73. The minimum Gasteiger partial charge on any atom is -0.504 e. The number of nitrogens with zero attached hydrogens (tertiary/aromatic N) is 1. The quantitative estimate of drug-likeness (QED) is 0.561. The van der Waals surface area contributed by atoms with Gasteiger partial charge in [0.15, 0.2) is 15.8 Å². The van der Waals surface area contributed by atoms with Gasteiger partial charge in [-0.15, -0.1) is 0 Å². The predicted octanol–water partition coefficient (Wildman–Crippen LogP) is 5.11. The van der Waals surface area contributed by atoms with Crippen molar-refractivity contribution in [3.05, 3.63) is 56.9 Å². The van der Waals surface area contributed by atoms with E-state index < -0.39 is 0 Å². The molecule has 0 saturated carbocycles. The molecule has 2 aromatic rings. The first-order chi connectivity index (χ1) is 11.9. The fourth-order valence-corrected chi connectivity index (χ4v) is 4.11. The van der Waals surface area contributed by atoms with Crippen LogP contribution in [-0.2, 0) is 4.79 Å². The highest BCUT2D eigenvalue weighted by atomic mass is 35.5. The van der Waals surface area contributed by atoms with Crippen LogP contribution in [0.2, 0.25) is 10.0 Å². The molecule has 1 N–H and O–H groups in total. The molecule has 1 saturated heterocycles. The van der Waals surface area contributed by atoms with Crippen LogP contribution in [0.25, 0.3) is 6.08 Å². The molecule has 128 valence electrons. The number of anilines is 1. The molecule has 8 heteroatoms. The third-order valence-corrected chi connectivity index (χ3v) is 5.14. The second kappa shape index (κ2) is 7.25. The second-order valence-electron chi connectivity index (χ2n) is 5.08. The molecule has 1 amide bonds. The van der Waals surface area contributed by atoms with E-state index in [0.29, 0.717) is 36.3 Å². The summed E-state index contributed by atoms with van der Waals surface area (Å²) in [6.45, 7) is 0. The summed E-state index contributed by atoms with van der Waals surface area (Å²) >= 11 is 18.5. The summed E-state index contributed by atoms with van der Waals surface area (Å²) in [6, 6.07) is 9.67. The standard InChI is InChI=1S/C17H11Cl2NO3S2/c1-23-14-4-9(2-3-13(14)21)5-15-16(22)20(17(24)25-15)12-7-10(18)6-11(19)8-12/h2-8,21H,1H3. The number of phenols is 1. The second-order valence-corrected chi connectivity index (χ2v) is 7.62. The van der Waals surface area contributed by atoms with Crippen molar-refractivity contribution in [2.45, 2.75) is 0 Å². The van der Waals surface area contributed by atoms with Crippen LogP contribution in [0.1, 0.15) is 5.56 Å². The number of carbonyl (C=O) groups is 1. The largest absolute Gasteiger partial charge is 0.504 e. The number of halogens is 2. The molecule has 0 aliphatic carbocycles. The van der Waals surface area contributed by atoms with Gasteiger partial charge in [0, 0.05) is 10.0 Å². The van der Waals surface area contributed by atoms with Gasteiger partial charge in [0.1, 0.15) is 0 Å². The Morgan fingerprint density at radius 3 is 2.52 bits per heavy atom. The van der Waals surface area contributed by atoms with Crippen LogP contribution in [0.3, 0.4) is 0 Å². The summed E-state index contributed by atoms with van der Waals surface area (Å²) in [6.07, 6.45) is 1.69. The lowest BCUT2D eigenvalue weighted by Crippen LogP contribution is -2.27. The van der Waals surface area contributed by atoms with Crippen LogP contribution in [-0.4, -0.2) is 22.4 Å². The molecule has 0 unspecified atom stereocenters. The van der Waals surface area contributed by atoms with Crippen molar-refractivity contribution in [1.29, 1.82) is 0 Å². The van der Waals surface area contributed by atoms with Gasteiger partial charge in [0.25, 0.3) is 5.91 Å². The van der Waals surface area contributed by atoms with Crippen LogP contribution < -0.4 is 9.64 Å². The van der Waals surface area contributed by atoms with Gasteiger partial charge in [0.05, 0.1) is 17.7 Å². The summed E-state index contributed by atoms with van der Waals surface area (Å²) in [5.74, 6) is 0.0898. The number of carbonyl (C=O) groups excluding carboxylic acids is 1. The number of aromatic hydroxyl groups is 1. The van der Waals surface area contributed by atoms with Crippen molar-refractivity contribution < 1.29 is 14.6 Å². The van der Waals surface area contributed by atoms with Gasteiger partial charge in [0.2, 0.25) is 0 Å². The maximum absolute atomic E-state index is 12.7. The molecule has 3 rings (SSSR count). The molecule has 1 aliphatic rings. The molecular formula is C17H11Cl2NO3S2. The number of amides is 1. The number of methoxy groups -OCH3 is 1. The van der Waals surface area contributed by atoms with Crippen molar-refractivity contribution >= 4 is 69.2 Å². The lowest BCUT2D eigenvalue weighted by atomic mass is 10.2. The molecule has 2 aromatic carbocycles. The normalized spacial score (nSPS) is 16.0. The van der Waals surface area contributed by atoms with Crippen molar-refractivity contribution in [1.82, 2.24) is 0 Å². The minimum atomic E-state index is -0.264. The smallest absolute Gasteiger partial charge is 0.270 e. The Morgan fingerprint density at radius 2 is 1.88 bits per heavy atom. The van der Waals surface area contributed by atoms with Crippen LogP contribution in [0, 0.1) is 0 Å². The number of thioether (sulfide) groups is 1. The van der Waals surface area contributed by atoms with Gasteiger partial charge >= 0.3 is 0 Å². The monoisotopic (exact) mass is 411 g/mol. The highest BCUT2D eigenvalue weighted by Gasteiger charge is 2.33. The third kappa shape index (κ3) is 3.77. The SMILES string of the molecule is COc1cc(C=C2SC(=S)N(c3cc(Cl)cc(Cl)c3)C2=O)ccc1O. The maximum atomic E-state index is 12.7. The lowest BCUT2D eigenvalue weighted by molar-refractivity contribution is -0.113. The van der Waals surface area contributed by atoms with Crippen molar-refractivity contribution in [3.63, 3.8) is 0 Å². The van der Waals surface area contributed by atoms with E-state index in [1.807, 2.05) is 0 Å². The predicted molar refractivity (Wildman–Crippen MR) is 107 cm³/mol. The maximum Gasteiger partial charge on any atom is 0.270 e. The van der Waals surface area contributed by atoms with Crippen LogP contribution in [0.15, 0.2) is 41.3 Å². The van der Waals surface area contributed by atoms with Crippen molar-refractivity contribution in [2.75, 3.05) is 12.0 Å². The van der Waals surface area contributed by atoms with E-state index in [9.17, 15) is 9.90 Å². The highest BCUT2D eigenvalue weighted by Crippen LogP contribution is 2.38. The number of hydrogen-bond acceptors (Lipinski definition) is 5. The van der Waals surface area contributed by atoms with Gasteiger partial charge in [-0.3, -0.25) is 9.69 Å². The van der Waals surface area contributed by atoms with E-state index >= 15 is 0 Å². The molecule has 1 fully saturated rings. The summed E-state index contributed by atoms with van der Waals surface area (Å²) in [5, 5.41) is 10.5. The topological polar surface area (TPSA) is 49.8 Å². The number of hydrogen-bond donors (Lipinski definition) is 1. The first-order valence-electron chi connectivity index (χ1n) is 7.00. The van der Waals surface area contributed by atoms with Crippen LogP contribution in [0.5, 0.6) is 11.5 Å². The van der Waals surface area contributed by atoms with E-state index in [-0.39, 0.29) is 11.7 Å². The molecule has 0 aromatic heterocycles. The molecule has 0 spiro atoms. The van der Waals surface area contributed by atoms with E-state index in [4.69, 9.17) is 40.2 Å². The first-order valence-corrected chi connectivity index (χ1v) is 8.98. The van der Waals surface area contributed by atoms with Crippen molar-refractivity contribution in [2.24, 2.45) is 0 Å². The number of ether oxygens (including phenoxy) is 1. The summed E-state index contributed by atoms with van der Waals surface area (Å²) in [7, 11) is 1.46. The zero-order valence-electron chi connectivity index (χ0n) is 12.8. The van der Waals surface area contributed by atoms with E-state index in [0.717, 1.165) is 0 Å². The highest BCUT2D eigenvalue weighted by molar-refractivity contribution is 8.27. The summed E-state index contributed by atoms with van der Waals surface area (Å²) < 4.78 is 5.47. The number of phenolic OH excluding ortho intramolecular Hbond substituents is 1. The third-order valence-electron chi connectivity index (χ3n) is 3.40. The van der Waals surface area contributed by atoms with Gasteiger partial charge in [-0.1, -0.05) is 53.2 Å². The Bertz CT molecular complexity index is 895. The average molecular weight is 412 g/mol. The van der Waals surface area contributed by atoms with E-state index in [1.54, 1.807) is 36.4 Å². The van der Waals surface area contributed by atoms with Gasteiger partial charge in [-0.05, 0) is 42.0 Å². The fourth-order valence-electron chi connectivity index (χ4n) is 2.29. The average Bonchev–Trinajstić information content (AvgIpc) is 2.82. The molecule has 1 aliphatic heterocycles. The van der Waals surface area contributed by atoms with Gasteiger partial charge in [-0.25, -0.2) is 0 Å². The van der Waals surface area contributed by atoms with Crippen molar-refractivity contribution in [3.8, 4) is 11.5 Å². The Labute approximate surface area is 164 Å². The van der Waals surface area contributed by atoms with Crippen LogP contribution >= 0.6 is 47.2 Å². The summed E-state index contributed by atoms with van der Waals surface area (Å²) in [5.41, 5.74) is 1.23. The number of benzene rings is 2. The molecule has 25 heavy (non-hydrogen) atoms. The zero-order valence-corrected chi connectivity index (χ0v) is 16.0. The number of rotatable bonds is 3. The molecule has 0 atom stereocenters. The molecule has 1 heterocycles. The van der Waals surface area contributed by atoms with E-state index in [2.05, 4.69) is 0 Å². The van der Waals surface area contributed by atoms with Crippen LogP contribution in [0.4, 0.5) is 5.69 Å². The van der Waals surface area contributed by atoms with Gasteiger partial charge in [-0.2, -0.15) is 0 Å². The Morgan fingerprint density at radius 1 is 1.20 bits per heavy atom. The summed E-state index contributed by atoms with van der Waals surface area (Å²) in [4.78, 5) is 14.6. The Kier molecular flexibility index (Phi) is 5.24. The fraction of sp³-hybridized carbons (Fsp3) is 0.0588. The van der Waals surface area contributed by atoms with E-state index in [1.165, 1.54) is 29.8 Å². The Balaban J connectivity index is 1.96. The van der Waals surface area contributed by atoms with Gasteiger partial charge < -0.3 is 9.84 Å². The first kappa shape index (κ1) is 18.1. The molecular weight excluding hydrogens is 401 g/mol. The molecule has 0 bridgehead atoms. The molecule has 0 radical (unpaired) electrons. The minimum absolute atomic E-state index is 0.0285. The lowest BCUT2D eigenvalue weighted by Gasteiger charge is -2.15. The zero-order chi connectivity index (χ0) is 18.1. The number of thiocarbonyl (C=S) groups is 1. The molecule has 4 nitrogen and oxygen atoms in total.